The molecule has 1 aliphatic rings. The molecular formula is C11H11N5OS2. The van der Waals surface area contributed by atoms with E-state index >= 15 is 0 Å². The largest absolute Gasteiger partial charge is 0.366 e. The molecule has 0 radical (unpaired) electrons. The molecule has 0 unspecified atom stereocenters. The first-order valence-electron chi connectivity index (χ1n) is 5.75. The van der Waals surface area contributed by atoms with Gasteiger partial charge in [0.1, 0.15) is 5.03 Å². The maximum Gasteiger partial charge on any atom is 0.251 e. The molecule has 1 amide bonds. The molecule has 2 heterocycles. The summed E-state index contributed by atoms with van der Waals surface area (Å²) in [5.41, 5.74) is 5.71. The Bertz CT molecular complexity index is 611. The summed E-state index contributed by atoms with van der Waals surface area (Å²) in [6.45, 7) is 0. The fraction of sp³-hybridized carbons (Fsp3) is 0.273. The summed E-state index contributed by atoms with van der Waals surface area (Å²) in [5, 5.41) is 12.8. The molecule has 3 N–H and O–H groups in total. The first-order valence-corrected chi connectivity index (χ1v) is 7.38. The van der Waals surface area contributed by atoms with Crippen molar-refractivity contribution in [1.29, 1.82) is 0 Å². The van der Waals surface area contributed by atoms with Crippen molar-refractivity contribution in [3.63, 3.8) is 0 Å². The molecule has 2 aromatic rings. The fourth-order valence-corrected chi connectivity index (χ4v) is 3.29. The molecular weight excluding hydrogens is 282 g/mol. The zero-order chi connectivity index (χ0) is 13.2. The van der Waals surface area contributed by atoms with E-state index in [4.69, 9.17) is 5.73 Å². The number of primary amides is 1. The van der Waals surface area contributed by atoms with Crippen LogP contribution in [0.25, 0.3) is 0 Å². The molecule has 1 fully saturated rings. The predicted molar refractivity (Wildman–Crippen MR) is 73.4 cm³/mol. The second kappa shape index (κ2) is 5.14. The highest BCUT2D eigenvalue weighted by Gasteiger charge is 2.22. The quantitative estimate of drug-likeness (QED) is 0.872. The van der Waals surface area contributed by atoms with Gasteiger partial charge >= 0.3 is 0 Å². The number of hydrogen-bond acceptors (Lipinski definition) is 7. The molecule has 2 aromatic heterocycles. The third-order valence-electron chi connectivity index (χ3n) is 2.53. The highest BCUT2D eigenvalue weighted by atomic mass is 32.2. The highest BCUT2D eigenvalue weighted by molar-refractivity contribution is 8.01. The van der Waals surface area contributed by atoms with Gasteiger partial charge in [0.25, 0.3) is 5.91 Å². The van der Waals surface area contributed by atoms with E-state index in [2.05, 4.69) is 20.5 Å². The summed E-state index contributed by atoms with van der Waals surface area (Å²) in [6.07, 6.45) is 4.00. The Morgan fingerprint density at radius 1 is 1.47 bits per heavy atom. The van der Waals surface area contributed by atoms with E-state index in [0.29, 0.717) is 16.6 Å². The van der Waals surface area contributed by atoms with Crippen molar-refractivity contribution in [3.05, 3.63) is 23.9 Å². The van der Waals surface area contributed by atoms with Crippen LogP contribution >= 0.6 is 23.1 Å². The van der Waals surface area contributed by atoms with Crippen LogP contribution in [-0.2, 0) is 0 Å². The zero-order valence-electron chi connectivity index (χ0n) is 9.87. The molecule has 1 aliphatic carbocycles. The van der Waals surface area contributed by atoms with Gasteiger partial charge in [-0.05, 0) is 36.7 Å². The summed E-state index contributed by atoms with van der Waals surface area (Å²) >= 11 is 2.76. The van der Waals surface area contributed by atoms with Gasteiger partial charge in [-0.15, -0.1) is 10.2 Å². The van der Waals surface area contributed by atoms with E-state index in [9.17, 15) is 4.79 Å². The van der Waals surface area contributed by atoms with Crippen molar-refractivity contribution in [2.24, 2.45) is 5.73 Å². The number of nitrogens with two attached hydrogens (primary N) is 1. The molecule has 98 valence electrons. The lowest BCUT2D eigenvalue weighted by Gasteiger charge is -2.01. The van der Waals surface area contributed by atoms with Gasteiger partial charge in [-0.25, -0.2) is 4.98 Å². The van der Waals surface area contributed by atoms with E-state index in [1.54, 1.807) is 18.3 Å². The Hall–Kier alpha value is -1.67. The highest BCUT2D eigenvalue weighted by Crippen LogP contribution is 2.34. The number of nitrogens with zero attached hydrogens (tertiary/aromatic N) is 3. The van der Waals surface area contributed by atoms with Crippen LogP contribution in [0.15, 0.2) is 27.7 Å². The lowest BCUT2D eigenvalue weighted by molar-refractivity contribution is 0.0997. The Kier molecular flexibility index (Phi) is 3.34. The van der Waals surface area contributed by atoms with E-state index in [1.807, 2.05) is 0 Å². The molecule has 1 saturated carbocycles. The van der Waals surface area contributed by atoms with Gasteiger partial charge in [-0.1, -0.05) is 11.3 Å². The number of nitrogens with one attached hydrogen (secondary N) is 1. The van der Waals surface area contributed by atoms with Crippen molar-refractivity contribution in [3.8, 4) is 0 Å². The van der Waals surface area contributed by atoms with Crippen LogP contribution in [0.4, 0.5) is 5.13 Å². The predicted octanol–water partition coefficient (Wildman–Crippen LogP) is 1.76. The molecule has 0 spiro atoms. The van der Waals surface area contributed by atoms with Crippen molar-refractivity contribution in [1.82, 2.24) is 15.2 Å². The lowest BCUT2D eigenvalue weighted by Crippen LogP contribution is -2.12. The first kappa shape index (κ1) is 12.4. The first-order chi connectivity index (χ1) is 9.22. The van der Waals surface area contributed by atoms with E-state index in [1.165, 1.54) is 35.9 Å². The molecule has 6 nitrogen and oxygen atoms in total. The van der Waals surface area contributed by atoms with Gasteiger partial charge in [0.2, 0.25) is 5.13 Å². The smallest absolute Gasteiger partial charge is 0.251 e. The summed E-state index contributed by atoms with van der Waals surface area (Å²) in [5.74, 6) is -0.489. The second-order valence-corrected chi connectivity index (χ2v) is 6.33. The molecule has 3 rings (SSSR count). The molecule has 0 aromatic carbocycles. The van der Waals surface area contributed by atoms with Crippen molar-refractivity contribution < 1.29 is 4.79 Å². The minimum atomic E-state index is -0.489. The maximum atomic E-state index is 11.3. The van der Waals surface area contributed by atoms with Crippen LogP contribution in [-0.4, -0.2) is 27.1 Å². The molecule has 0 atom stereocenters. The molecule has 0 bridgehead atoms. The lowest BCUT2D eigenvalue weighted by atomic mass is 10.3. The summed E-state index contributed by atoms with van der Waals surface area (Å²) in [6, 6.07) is 3.88. The number of carbonyl (C=O) groups excluding carboxylic acids is 1. The van der Waals surface area contributed by atoms with Crippen molar-refractivity contribution in [2.75, 3.05) is 5.32 Å². The van der Waals surface area contributed by atoms with Crippen LogP contribution in [0.1, 0.15) is 23.2 Å². The minimum Gasteiger partial charge on any atom is -0.366 e. The topological polar surface area (TPSA) is 93.8 Å². The van der Waals surface area contributed by atoms with E-state index in [-0.39, 0.29) is 0 Å². The second-order valence-electron chi connectivity index (χ2n) is 4.11. The van der Waals surface area contributed by atoms with Crippen LogP contribution in [0.5, 0.6) is 0 Å². The Morgan fingerprint density at radius 2 is 2.32 bits per heavy atom. The van der Waals surface area contributed by atoms with Gasteiger partial charge in [0.15, 0.2) is 4.34 Å². The van der Waals surface area contributed by atoms with E-state index < -0.39 is 5.91 Å². The van der Waals surface area contributed by atoms with Gasteiger partial charge in [-0.3, -0.25) is 4.79 Å². The molecule has 0 saturated heterocycles. The molecule has 0 aliphatic heterocycles. The normalized spacial score (nSPS) is 14.3. The maximum absolute atomic E-state index is 11.3. The zero-order valence-corrected chi connectivity index (χ0v) is 11.5. The summed E-state index contributed by atoms with van der Waals surface area (Å²) < 4.78 is 0.740. The van der Waals surface area contributed by atoms with Crippen LogP contribution in [0, 0.1) is 0 Å². The minimum absolute atomic E-state index is 0.402. The Morgan fingerprint density at radius 3 is 3.05 bits per heavy atom. The number of hydrogen-bond donors (Lipinski definition) is 2. The summed E-state index contributed by atoms with van der Waals surface area (Å²) in [4.78, 5) is 15.5. The van der Waals surface area contributed by atoms with Gasteiger partial charge < -0.3 is 11.1 Å². The Labute approximate surface area is 117 Å². The SMILES string of the molecule is NC(=O)c1cccnc1Sc1nnc(NC2CC2)s1. The van der Waals surface area contributed by atoms with Crippen molar-refractivity contribution >= 4 is 34.1 Å². The van der Waals surface area contributed by atoms with Crippen LogP contribution in [0.3, 0.4) is 0 Å². The Balaban J connectivity index is 1.76. The van der Waals surface area contributed by atoms with E-state index in [0.717, 1.165) is 9.47 Å². The standard InChI is InChI=1S/C11H11N5OS2/c12-8(17)7-2-1-5-13-9(7)18-11-16-15-10(19-11)14-6-3-4-6/h1-2,5-6H,3-4H2,(H2,12,17)(H,14,15). The number of pyridine rings is 1. The van der Waals surface area contributed by atoms with Gasteiger partial charge in [0, 0.05) is 12.2 Å². The molecule has 8 heteroatoms. The fourth-order valence-electron chi connectivity index (χ4n) is 1.45. The number of aromatic nitrogens is 3. The van der Waals surface area contributed by atoms with Crippen LogP contribution < -0.4 is 11.1 Å². The number of anilines is 1. The average Bonchev–Trinajstić information content (AvgIpc) is 3.09. The van der Waals surface area contributed by atoms with Crippen molar-refractivity contribution in [2.45, 2.75) is 28.2 Å². The number of rotatable bonds is 5. The van der Waals surface area contributed by atoms with Gasteiger partial charge in [-0.2, -0.15) is 0 Å². The summed E-state index contributed by atoms with van der Waals surface area (Å²) in [7, 11) is 0. The molecule has 19 heavy (non-hydrogen) atoms. The third kappa shape index (κ3) is 3.02. The number of carbonyl (C=O) groups is 1. The van der Waals surface area contributed by atoms with Crippen LogP contribution in [0.2, 0.25) is 0 Å². The average molecular weight is 293 g/mol. The number of amides is 1. The van der Waals surface area contributed by atoms with Gasteiger partial charge in [0.05, 0.1) is 5.56 Å². The monoisotopic (exact) mass is 293 g/mol. The third-order valence-corrected chi connectivity index (χ3v) is 4.46.